The van der Waals surface area contributed by atoms with E-state index >= 15 is 0 Å². The summed E-state index contributed by atoms with van der Waals surface area (Å²) in [5.74, 6) is 1.08. The van der Waals surface area contributed by atoms with Crippen LogP contribution >= 0.6 is 11.8 Å². The maximum absolute atomic E-state index is 5.92. The predicted molar refractivity (Wildman–Crippen MR) is 56.6 cm³/mol. The third-order valence-corrected chi connectivity index (χ3v) is 3.83. The minimum absolute atomic E-state index is 0.00442. The average Bonchev–Trinajstić information content (AvgIpc) is 2.02. The van der Waals surface area contributed by atoms with Crippen molar-refractivity contribution in [3.05, 3.63) is 0 Å². The second kappa shape index (κ2) is 4.49. The van der Waals surface area contributed by atoms with Crippen LogP contribution in [0.4, 0.5) is 0 Å². The van der Waals surface area contributed by atoms with Gasteiger partial charge in [-0.05, 0) is 39.8 Å². The molecule has 0 spiro atoms. The first-order valence-electron chi connectivity index (χ1n) is 4.69. The van der Waals surface area contributed by atoms with E-state index in [0.29, 0.717) is 0 Å². The van der Waals surface area contributed by atoms with Crippen LogP contribution in [-0.4, -0.2) is 29.6 Å². The fourth-order valence-corrected chi connectivity index (χ4v) is 2.53. The predicted octanol–water partition coefficient (Wildman–Crippen LogP) is 1.21. The summed E-state index contributed by atoms with van der Waals surface area (Å²) in [4.78, 5) is 0. The molecule has 3 heteroatoms. The molecule has 1 fully saturated rings. The SMILES string of the molecule is CC(C)(N)CSC1CCNCC1. The summed E-state index contributed by atoms with van der Waals surface area (Å²) in [6.45, 7) is 6.56. The van der Waals surface area contributed by atoms with Crippen LogP contribution in [0.1, 0.15) is 26.7 Å². The van der Waals surface area contributed by atoms with Crippen LogP contribution in [0.5, 0.6) is 0 Å². The molecule has 0 saturated carbocycles. The molecule has 0 atom stereocenters. The van der Waals surface area contributed by atoms with E-state index in [1.165, 1.54) is 25.9 Å². The third kappa shape index (κ3) is 4.33. The van der Waals surface area contributed by atoms with E-state index in [1.807, 2.05) is 11.8 Å². The summed E-state index contributed by atoms with van der Waals surface area (Å²) in [7, 11) is 0. The average molecular weight is 188 g/mol. The standard InChI is InChI=1S/C9H20N2S/c1-9(2,10)7-12-8-3-5-11-6-4-8/h8,11H,3-7,10H2,1-2H3. The first kappa shape index (κ1) is 10.4. The molecule has 0 amide bonds. The molecular weight excluding hydrogens is 168 g/mol. The Morgan fingerprint density at radius 3 is 2.50 bits per heavy atom. The smallest absolute Gasteiger partial charge is 0.0188 e. The van der Waals surface area contributed by atoms with Gasteiger partial charge in [-0.1, -0.05) is 0 Å². The third-order valence-electron chi connectivity index (χ3n) is 1.98. The minimum Gasteiger partial charge on any atom is -0.325 e. The highest BCUT2D eigenvalue weighted by molar-refractivity contribution is 7.99. The van der Waals surface area contributed by atoms with Crippen molar-refractivity contribution >= 4 is 11.8 Å². The van der Waals surface area contributed by atoms with Gasteiger partial charge >= 0.3 is 0 Å². The Balaban J connectivity index is 2.13. The van der Waals surface area contributed by atoms with E-state index in [-0.39, 0.29) is 5.54 Å². The van der Waals surface area contributed by atoms with Gasteiger partial charge in [0.25, 0.3) is 0 Å². The molecular formula is C9H20N2S. The quantitative estimate of drug-likeness (QED) is 0.699. The van der Waals surface area contributed by atoms with Gasteiger partial charge in [0.2, 0.25) is 0 Å². The van der Waals surface area contributed by atoms with Gasteiger partial charge in [0, 0.05) is 16.5 Å². The molecule has 0 aliphatic carbocycles. The molecule has 3 N–H and O–H groups in total. The van der Waals surface area contributed by atoms with Crippen molar-refractivity contribution in [1.82, 2.24) is 5.32 Å². The molecule has 1 heterocycles. The second-order valence-electron chi connectivity index (χ2n) is 4.25. The number of nitrogens with one attached hydrogen (secondary N) is 1. The summed E-state index contributed by atoms with van der Waals surface area (Å²) in [6, 6.07) is 0. The molecule has 0 aromatic carbocycles. The Morgan fingerprint density at radius 2 is 2.00 bits per heavy atom. The van der Waals surface area contributed by atoms with Crippen LogP contribution in [0.3, 0.4) is 0 Å². The number of piperidine rings is 1. The van der Waals surface area contributed by atoms with Crippen LogP contribution in [0.2, 0.25) is 0 Å². The number of hydrogen-bond donors (Lipinski definition) is 2. The fraction of sp³-hybridized carbons (Fsp3) is 1.00. The van der Waals surface area contributed by atoms with E-state index in [1.54, 1.807) is 0 Å². The van der Waals surface area contributed by atoms with Gasteiger partial charge in [0.15, 0.2) is 0 Å². The summed E-state index contributed by atoms with van der Waals surface area (Å²) < 4.78 is 0. The van der Waals surface area contributed by atoms with E-state index in [4.69, 9.17) is 5.73 Å². The lowest BCUT2D eigenvalue weighted by Crippen LogP contribution is -2.37. The maximum Gasteiger partial charge on any atom is 0.0188 e. The number of nitrogens with two attached hydrogens (primary N) is 1. The molecule has 0 radical (unpaired) electrons. The first-order valence-corrected chi connectivity index (χ1v) is 5.74. The van der Waals surface area contributed by atoms with E-state index in [2.05, 4.69) is 19.2 Å². The highest BCUT2D eigenvalue weighted by atomic mass is 32.2. The molecule has 0 unspecified atom stereocenters. The van der Waals surface area contributed by atoms with Crippen LogP contribution in [-0.2, 0) is 0 Å². The van der Waals surface area contributed by atoms with Crippen molar-refractivity contribution in [3.8, 4) is 0 Å². The monoisotopic (exact) mass is 188 g/mol. The van der Waals surface area contributed by atoms with Gasteiger partial charge in [0.05, 0.1) is 0 Å². The molecule has 1 aliphatic rings. The van der Waals surface area contributed by atoms with Gasteiger partial charge in [-0.25, -0.2) is 0 Å². The normalized spacial score (nSPS) is 21.2. The molecule has 2 nitrogen and oxygen atoms in total. The summed E-state index contributed by atoms with van der Waals surface area (Å²) in [6.07, 6.45) is 2.61. The van der Waals surface area contributed by atoms with E-state index in [0.717, 1.165) is 11.0 Å². The maximum atomic E-state index is 5.92. The van der Waals surface area contributed by atoms with Crippen LogP contribution < -0.4 is 11.1 Å². The van der Waals surface area contributed by atoms with E-state index in [9.17, 15) is 0 Å². The molecule has 0 bridgehead atoms. The van der Waals surface area contributed by atoms with Crippen molar-refractivity contribution in [2.75, 3.05) is 18.8 Å². The van der Waals surface area contributed by atoms with Gasteiger partial charge in [-0.15, -0.1) is 0 Å². The molecule has 1 aliphatic heterocycles. The van der Waals surface area contributed by atoms with Gasteiger partial charge in [0.1, 0.15) is 0 Å². The molecule has 72 valence electrons. The van der Waals surface area contributed by atoms with Crippen molar-refractivity contribution in [1.29, 1.82) is 0 Å². The zero-order valence-electron chi connectivity index (χ0n) is 8.10. The van der Waals surface area contributed by atoms with Crippen molar-refractivity contribution in [2.45, 2.75) is 37.5 Å². The Hall–Kier alpha value is 0.270. The lowest BCUT2D eigenvalue weighted by atomic mass is 10.1. The Labute approximate surface area is 79.7 Å². The Kier molecular flexibility index (Phi) is 3.87. The highest BCUT2D eigenvalue weighted by Crippen LogP contribution is 2.22. The molecule has 1 rings (SSSR count). The molecule has 0 aromatic rings. The van der Waals surface area contributed by atoms with Gasteiger partial charge in [-0.2, -0.15) is 11.8 Å². The lowest BCUT2D eigenvalue weighted by molar-refractivity contribution is 0.527. The van der Waals surface area contributed by atoms with Crippen molar-refractivity contribution in [3.63, 3.8) is 0 Å². The number of hydrogen-bond acceptors (Lipinski definition) is 3. The van der Waals surface area contributed by atoms with Gasteiger partial charge < -0.3 is 11.1 Å². The highest BCUT2D eigenvalue weighted by Gasteiger charge is 2.17. The molecule has 12 heavy (non-hydrogen) atoms. The molecule has 0 aromatic heterocycles. The summed E-state index contributed by atoms with van der Waals surface area (Å²) in [5, 5.41) is 4.21. The Morgan fingerprint density at radius 1 is 1.42 bits per heavy atom. The van der Waals surface area contributed by atoms with E-state index < -0.39 is 0 Å². The fourth-order valence-electron chi connectivity index (χ4n) is 1.29. The summed E-state index contributed by atoms with van der Waals surface area (Å²) >= 11 is 2.04. The van der Waals surface area contributed by atoms with Crippen LogP contribution in [0.25, 0.3) is 0 Å². The van der Waals surface area contributed by atoms with Crippen molar-refractivity contribution < 1.29 is 0 Å². The van der Waals surface area contributed by atoms with Gasteiger partial charge in [-0.3, -0.25) is 0 Å². The number of rotatable bonds is 3. The molecule has 1 saturated heterocycles. The van der Waals surface area contributed by atoms with Crippen LogP contribution in [0, 0.1) is 0 Å². The largest absolute Gasteiger partial charge is 0.325 e. The first-order chi connectivity index (χ1) is 5.58. The summed E-state index contributed by atoms with van der Waals surface area (Å²) in [5.41, 5.74) is 5.91. The van der Waals surface area contributed by atoms with Crippen LogP contribution in [0.15, 0.2) is 0 Å². The second-order valence-corrected chi connectivity index (χ2v) is 5.54. The zero-order valence-corrected chi connectivity index (χ0v) is 8.91. The minimum atomic E-state index is -0.00442. The zero-order chi connectivity index (χ0) is 9.03. The Bertz CT molecular complexity index is 125. The topological polar surface area (TPSA) is 38.0 Å². The lowest BCUT2D eigenvalue weighted by Gasteiger charge is -2.25. The van der Waals surface area contributed by atoms with Crippen molar-refractivity contribution in [2.24, 2.45) is 5.73 Å². The number of thioether (sulfide) groups is 1.